The minimum atomic E-state index is -0.396. The predicted octanol–water partition coefficient (Wildman–Crippen LogP) is 14.4. The van der Waals surface area contributed by atoms with Crippen molar-refractivity contribution in [2.24, 2.45) is 23.7 Å². The number of hydrogen-bond donors (Lipinski definition) is 0. The molecule has 0 bridgehead atoms. The number of carbonyl (C=O) groups excluding carboxylic acids is 4. The fourth-order valence-electron chi connectivity index (χ4n) is 11.3. The third kappa shape index (κ3) is 19.9. The van der Waals surface area contributed by atoms with Gasteiger partial charge in [0.2, 0.25) is 0 Å². The normalized spacial score (nSPS) is 16.6. The fraction of sp³-hybridized carbons (Fsp3) is 0.444. The van der Waals surface area contributed by atoms with E-state index in [1.54, 1.807) is 24.3 Å². The Bertz CT molecular complexity index is 3440. The van der Waals surface area contributed by atoms with E-state index in [2.05, 4.69) is 37.4 Å². The van der Waals surface area contributed by atoms with Gasteiger partial charge in [0.15, 0.2) is 0 Å². The van der Waals surface area contributed by atoms with Gasteiger partial charge in [0.25, 0.3) is 0 Å². The highest BCUT2D eigenvalue weighted by atomic mass is 16.6. The van der Waals surface area contributed by atoms with E-state index in [1.165, 1.54) is 12.2 Å². The summed E-state index contributed by atoms with van der Waals surface area (Å²) in [4.78, 5) is 59.5. The molecule has 2 fully saturated rings. The number of ether oxygens (including phenoxy) is 11. The Kier molecular flexibility index (Phi) is 25.2. The van der Waals surface area contributed by atoms with Gasteiger partial charge in [0.1, 0.15) is 46.9 Å². The van der Waals surface area contributed by atoms with Crippen LogP contribution in [0.4, 0.5) is 0 Å². The van der Waals surface area contributed by atoms with E-state index in [0.717, 1.165) is 152 Å². The van der Waals surface area contributed by atoms with E-state index < -0.39 is 11.9 Å². The van der Waals surface area contributed by atoms with E-state index in [1.807, 2.05) is 61.5 Å². The summed E-state index contributed by atoms with van der Waals surface area (Å²) in [5.74, 6) is 3.51. The number of unbranched alkanes of at least 4 members (excludes halogenated alkanes) is 6. The lowest BCUT2D eigenvalue weighted by molar-refractivity contribution is -0.141. The average Bonchev–Trinajstić information content (AvgIpc) is 0.771. The number of hydrogen-bond acceptors (Lipinski definition) is 17. The summed E-state index contributed by atoms with van der Waals surface area (Å²) >= 11 is 0. The number of fused-ring (bicyclic) bond motifs is 7. The Morgan fingerprint density at radius 3 is 1.27 bits per heavy atom. The first-order chi connectivity index (χ1) is 43.6. The van der Waals surface area contributed by atoms with E-state index >= 15 is 0 Å². The first-order valence-corrected chi connectivity index (χ1v) is 31.7. The quantitative estimate of drug-likeness (QED) is 0.00897. The van der Waals surface area contributed by atoms with Gasteiger partial charge in [-0.05, 0) is 229 Å². The SMILES string of the molecule is C=CC(=O)OCCCCCCOc1ccc(OC(=O)C2CCC(COc3ccc4c5ccc(OCC6CCC(C(=O)Oc7ccc(OCCCCCCOC(=O)C=C)cc7)CC6)cc5c5nc6cc(OCCOCCOCC)ccc6nc5c4c3)CC2)cc1. The Balaban J connectivity index is 0.779. The minimum Gasteiger partial charge on any atom is -0.494 e. The zero-order chi connectivity index (χ0) is 62.0. The molecule has 7 aromatic rings. The molecule has 0 saturated heterocycles. The van der Waals surface area contributed by atoms with Crippen molar-refractivity contribution in [3.63, 3.8) is 0 Å². The molecule has 0 atom stereocenters. The van der Waals surface area contributed by atoms with Crippen molar-refractivity contribution in [1.29, 1.82) is 0 Å². The van der Waals surface area contributed by atoms with E-state index in [4.69, 9.17) is 62.1 Å². The van der Waals surface area contributed by atoms with Crippen LogP contribution in [0.15, 0.2) is 128 Å². The van der Waals surface area contributed by atoms with Crippen LogP contribution in [0.5, 0.6) is 40.2 Å². The monoisotopic (exact) mass is 1220 g/mol. The minimum absolute atomic E-state index is 0.185. The van der Waals surface area contributed by atoms with Crippen LogP contribution >= 0.6 is 0 Å². The number of aromatic nitrogens is 2. The maximum absolute atomic E-state index is 13.3. The molecule has 0 aliphatic heterocycles. The maximum atomic E-state index is 13.3. The zero-order valence-electron chi connectivity index (χ0n) is 51.3. The van der Waals surface area contributed by atoms with Crippen molar-refractivity contribution in [1.82, 2.24) is 9.97 Å². The molecule has 0 amide bonds. The number of esters is 4. The van der Waals surface area contributed by atoms with Crippen molar-refractivity contribution in [3.05, 3.63) is 128 Å². The molecule has 2 saturated carbocycles. The van der Waals surface area contributed by atoms with Gasteiger partial charge >= 0.3 is 23.9 Å². The smallest absolute Gasteiger partial charge is 0.330 e. The second-order valence-electron chi connectivity index (χ2n) is 22.8. The molecule has 6 aromatic carbocycles. The Labute approximate surface area is 521 Å². The standard InChI is InChI=1S/C72H84N2O15/c1-4-67(75)84-39-13-9-7-11-37-81-54-23-27-56(28-24-54)88-71(77)52-19-15-50(16-20-52)48-86-58-31-34-61-62-35-32-59(46-64(62)70-69(63(61)45-58)73-65-36-33-60(47-66(65)74-70)83-44-43-80-42-41-79-6-3)87-49-51-17-21-53(22-18-51)72(78)89-57-29-25-55(26-30-57)82-38-12-8-10-14-40-85-68(76)5-2/h4-5,23-36,45-47,50-53H,1-2,6-22,37-44,48-49H2,3H3. The molecule has 0 unspecified atom stereocenters. The van der Waals surface area contributed by atoms with Crippen molar-refractivity contribution in [3.8, 4) is 40.2 Å². The topological polar surface area (TPSA) is 196 Å². The summed E-state index contributed by atoms with van der Waals surface area (Å²) in [6, 6.07) is 32.5. The Morgan fingerprint density at radius 1 is 0.404 bits per heavy atom. The summed E-state index contributed by atoms with van der Waals surface area (Å²) in [7, 11) is 0. The van der Waals surface area contributed by atoms with Gasteiger partial charge in [0, 0.05) is 35.6 Å². The van der Waals surface area contributed by atoms with Crippen LogP contribution in [0.2, 0.25) is 0 Å². The van der Waals surface area contributed by atoms with E-state index in [9.17, 15) is 19.2 Å². The highest BCUT2D eigenvalue weighted by Crippen LogP contribution is 2.40. The van der Waals surface area contributed by atoms with Crippen LogP contribution in [0, 0.1) is 23.7 Å². The first-order valence-electron chi connectivity index (χ1n) is 31.7. The number of benzene rings is 6. The molecule has 9 rings (SSSR count). The van der Waals surface area contributed by atoms with E-state index in [0.29, 0.717) is 107 Å². The molecule has 89 heavy (non-hydrogen) atoms. The van der Waals surface area contributed by atoms with Gasteiger partial charge in [0.05, 0.1) is 93.4 Å². The van der Waals surface area contributed by atoms with Gasteiger partial charge < -0.3 is 52.1 Å². The van der Waals surface area contributed by atoms with Crippen LogP contribution in [0.1, 0.15) is 110 Å². The predicted molar refractivity (Wildman–Crippen MR) is 341 cm³/mol. The average molecular weight is 1220 g/mol. The summed E-state index contributed by atoms with van der Waals surface area (Å²) in [6.07, 6.45) is 15.8. The van der Waals surface area contributed by atoms with Gasteiger partial charge in [-0.25, -0.2) is 19.6 Å². The maximum Gasteiger partial charge on any atom is 0.330 e. The second-order valence-corrected chi connectivity index (χ2v) is 22.8. The molecule has 0 N–H and O–H groups in total. The lowest BCUT2D eigenvalue weighted by Gasteiger charge is -2.27. The van der Waals surface area contributed by atoms with Gasteiger partial charge in [-0.2, -0.15) is 0 Å². The molecule has 17 heteroatoms. The van der Waals surface area contributed by atoms with Gasteiger partial charge in [-0.1, -0.05) is 13.2 Å². The lowest BCUT2D eigenvalue weighted by atomic mass is 9.82. The molecule has 0 spiro atoms. The molecule has 2 aliphatic carbocycles. The Hall–Kier alpha value is -8.28. The molecule has 0 radical (unpaired) electrons. The van der Waals surface area contributed by atoms with Crippen LogP contribution < -0.4 is 33.2 Å². The number of rotatable bonds is 36. The second kappa shape index (κ2) is 34.5. The first kappa shape index (κ1) is 65.2. The molecule has 2 aliphatic rings. The molecule has 1 aromatic heterocycles. The zero-order valence-corrected chi connectivity index (χ0v) is 51.3. The third-order valence-electron chi connectivity index (χ3n) is 16.3. The lowest BCUT2D eigenvalue weighted by Crippen LogP contribution is -2.27. The van der Waals surface area contributed by atoms with Crippen LogP contribution in [0.25, 0.3) is 43.6 Å². The van der Waals surface area contributed by atoms with Gasteiger partial charge in [-0.3, -0.25) is 9.59 Å². The van der Waals surface area contributed by atoms with Crippen molar-refractivity contribution in [2.75, 3.05) is 72.7 Å². The summed E-state index contributed by atoms with van der Waals surface area (Å²) in [5, 5.41) is 3.85. The molecular formula is C72H84N2O15. The highest BCUT2D eigenvalue weighted by molar-refractivity contribution is 6.24. The molecule has 472 valence electrons. The molecular weight excluding hydrogens is 1130 g/mol. The number of carbonyl (C=O) groups is 4. The fourth-order valence-corrected chi connectivity index (χ4v) is 11.3. The Morgan fingerprint density at radius 2 is 0.798 bits per heavy atom. The molecule has 17 nitrogen and oxygen atoms in total. The third-order valence-corrected chi connectivity index (χ3v) is 16.3. The highest BCUT2D eigenvalue weighted by Gasteiger charge is 2.30. The van der Waals surface area contributed by atoms with Crippen molar-refractivity contribution >= 4 is 67.5 Å². The van der Waals surface area contributed by atoms with Crippen molar-refractivity contribution < 1.29 is 71.3 Å². The largest absolute Gasteiger partial charge is 0.494 e. The van der Waals surface area contributed by atoms with Crippen LogP contribution in [-0.4, -0.2) is 107 Å². The summed E-state index contributed by atoms with van der Waals surface area (Å²) in [5.41, 5.74) is 2.90. The summed E-state index contributed by atoms with van der Waals surface area (Å²) < 4.78 is 63.7. The van der Waals surface area contributed by atoms with Crippen LogP contribution in [-0.2, 0) is 38.1 Å². The van der Waals surface area contributed by atoms with E-state index in [-0.39, 0.29) is 35.6 Å². The number of nitrogens with zero attached hydrogens (tertiary/aromatic N) is 2. The molecule has 1 heterocycles. The van der Waals surface area contributed by atoms with Crippen molar-refractivity contribution in [2.45, 2.75) is 110 Å². The van der Waals surface area contributed by atoms with Crippen LogP contribution in [0.3, 0.4) is 0 Å². The van der Waals surface area contributed by atoms with Gasteiger partial charge in [-0.15, -0.1) is 0 Å². The summed E-state index contributed by atoms with van der Waals surface area (Å²) in [6.45, 7) is 14.2.